The van der Waals surface area contributed by atoms with E-state index in [-0.39, 0.29) is 18.3 Å². The molecule has 5 nitrogen and oxygen atoms in total. The highest BCUT2D eigenvalue weighted by Gasteiger charge is 2.16. The van der Waals surface area contributed by atoms with Crippen LogP contribution >= 0.6 is 12.4 Å². The van der Waals surface area contributed by atoms with Crippen molar-refractivity contribution in [2.45, 2.75) is 6.42 Å². The second-order valence-electron chi connectivity index (χ2n) is 4.89. The van der Waals surface area contributed by atoms with Crippen molar-refractivity contribution >= 4 is 18.3 Å². The first-order chi connectivity index (χ1) is 9.84. The number of benzene rings is 1. The van der Waals surface area contributed by atoms with E-state index >= 15 is 0 Å². The molecule has 1 aromatic heterocycles. The molecular formula is C15H19ClN4O. The summed E-state index contributed by atoms with van der Waals surface area (Å²) in [5.41, 5.74) is 1.70. The normalized spacial score (nSPS) is 15.1. The lowest BCUT2D eigenvalue weighted by Crippen LogP contribution is -2.34. The molecule has 1 N–H and O–H groups in total. The van der Waals surface area contributed by atoms with E-state index in [1.54, 1.807) is 10.9 Å². The minimum Gasteiger partial charge on any atom is -0.337 e. The molecule has 1 aliphatic heterocycles. The first-order valence-corrected chi connectivity index (χ1v) is 6.95. The summed E-state index contributed by atoms with van der Waals surface area (Å²) >= 11 is 0. The van der Waals surface area contributed by atoms with Gasteiger partial charge in [-0.15, -0.1) is 12.4 Å². The van der Waals surface area contributed by atoms with Crippen LogP contribution in [-0.2, 0) is 0 Å². The van der Waals surface area contributed by atoms with E-state index in [9.17, 15) is 4.79 Å². The summed E-state index contributed by atoms with van der Waals surface area (Å²) < 4.78 is 1.78. The van der Waals surface area contributed by atoms with Crippen LogP contribution < -0.4 is 5.32 Å². The van der Waals surface area contributed by atoms with Crippen molar-refractivity contribution < 1.29 is 4.79 Å². The van der Waals surface area contributed by atoms with Crippen LogP contribution in [0.2, 0.25) is 0 Å². The summed E-state index contributed by atoms with van der Waals surface area (Å²) in [4.78, 5) is 14.3. The van der Waals surface area contributed by atoms with Crippen LogP contribution in [-0.4, -0.2) is 46.8 Å². The predicted molar refractivity (Wildman–Crippen MR) is 84.2 cm³/mol. The second-order valence-corrected chi connectivity index (χ2v) is 4.89. The number of hydrogen-bond acceptors (Lipinski definition) is 3. The molecule has 0 unspecified atom stereocenters. The minimum atomic E-state index is 0. The highest BCUT2D eigenvalue weighted by Crippen LogP contribution is 2.11. The van der Waals surface area contributed by atoms with E-state index in [0.717, 1.165) is 43.9 Å². The molecule has 1 saturated heterocycles. The SMILES string of the molecule is Cl.O=C(c1ccc(-n2cccn2)cc1)N1CCCNCC1. The predicted octanol–water partition coefficient (Wildman–Crippen LogP) is 1.73. The number of hydrogen-bond donors (Lipinski definition) is 1. The van der Waals surface area contributed by atoms with Gasteiger partial charge in [-0.1, -0.05) is 0 Å². The van der Waals surface area contributed by atoms with Gasteiger partial charge in [0.15, 0.2) is 0 Å². The molecule has 1 amide bonds. The number of carbonyl (C=O) groups excluding carboxylic acids is 1. The number of rotatable bonds is 2. The van der Waals surface area contributed by atoms with Crippen LogP contribution in [0.15, 0.2) is 42.7 Å². The van der Waals surface area contributed by atoms with Crippen LogP contribution in [0.25, 0.3) is 5.69 Å². The lowest BCUT2D eigenvalue weighted by Gasteiger charge is -2.20. The summed E-state index contributed by atoms with van der Waals surface area (Å²) in [5, 5.41) is 7.48. The van der Waals surface area contributed by atoms with Crippen LogP contribution in [0, 0.1) is 0 Å². The Bertz CT molecular complexity index is 560. The first kappa shape index (κ1) is 15.5. The Morgan fingerprint density at radius 1 is 1.14 bits per heavy atom. The fourth-order valence-electron chi connectivity index (χ4n) is 2.41. The van der Waals surface area contributed by atoms with Crippen LogP contribution in [0.1, 0.15) is 16.8 Å². The molecule has 0 aliphatic carbocycles. The molecule has 1 aromatic carbocycles. The van der Waals surface area contributed by atoms with Crippen molar-refractivity contribution in [3.05, 3.63) is 48.3 Å². The molecule has 21 heavy (non-hydrogen) atoms. The second kappa shape index (κ2) is 7.24. The van der Waals surface area contributed by atoms with E-state index in [2.05, 4.69) is 10.4 Å². The van der Waals surface area contributed by atoms with Gasteiger partial charge in [0.25, 0.3) is 5.91 Å². The minimum absolute atomic E-state index is 0. The number of aromatic nitrogens is 2. The van der Waals surface area contributed by atoms with Crippen molar-refractivity contribution in [2.24, 2.45) is 0 Å². The van der Waals surface area contributed by atoms with Gasteiger partial charge in [0, 0.05) is 37.6 Å². The van der Waals surface area contributed by atoms with E-state index in [1.165, 1.54) is 0 Å². The van der Waals surface area contributed by atoms with Gasteiger partial charge in [-0.3, -0.25) is 4.79 Å². The topological polar surface area (TPSA) is 50.2 Å². The molecule has 3 rings (SSSR count). The smallest absolute Gasteiger partial charge is 0.253 e. The maximum Gasteiger partial charge on any atom is 0.253 e. The van der Waals surface area contributed by atoms with Crippen LogP contribution in [0.3, 0.4) is 0 Å². The largest absolute Gasteiger partial charge is 0.337 e. The Balaban J connectivity index is 0.00000161. The fraction of sp³-hybridized carbons (Fsp3) is 0.333. The Hall–Kier alpha value is -1.85. The molecule has 0 bridgehead atoms. The first-order valence-electron chi connectivity index (χ1n) is 6.95. The highest BCUT2D eigenvalue weighted by atomic mass is 35.5. The van der Waals surface area contributed by atoms with E-state index in [1.807, 2.05) is 41.4 Å². The molecule has 1 aliphatic rings. The highest BCUT2D eigenvalue weighted by molar-refractivity contribution is 5.94. The summed E-state index contributed by atoms with van der Waals surface area (Å²) in [7, 11) is 0. The van der Waals surface area contributed by atoms with Gasteiger partial charge >= 0.3 is 0 Å². The number of nitrogens with zero attached hydrogens (tertiary/aromatic N) is 3. The van der Waals surface area contributed by atoms with Gasteiger partial charge in [-0.05, 0) is 43.3 Å². The maximum absolute atomic E-state index is 12.4. The maximum atomic E-state index is 12.4. The summed E-state index contributed by atoms with van der Waals surface area (Å²) in [6.07, 6.45) is 4.64. The monoisotopic (exact) mass is 306 g/mol. The van der Waals surface area contributed by atoms with Crippen LogP contribution in [0.4, 0.5) is 0 Å². The van der Waals surface area contributed by atoms with E-state index < -0.39 is 0 Å². The zero-order valence-electron chi connectivity index (χ0n) is 11.7. The fourth-order valence-corrected chi connectivity index (χ4v) is 2.41. The quantitative estimate of drug-likeness (QED) is 0.919. The van der Waals surface area contributed by atoms with E-state index in [4.69, 9.17) is 0 Å². The van der Waals surface area contributed by atoms with Crippen molar-refractivity contribution in [1.82, 2.24) is 20.0 Å². The number of amides is 1. The molecule has 0 spiro atoms. The third-order valence-electron chi connectivity index (χ3n) is 3.51. The van der Waals surface area contributed by atoms with E-state index in [0.29, 0.717) is 0 Å². The third kappa shape index (κ3) is 3.62. The van der Waals surface area contributed by atoms with Gasteiger partial charge in [0.05, 0.1) is 5.69 Å². The van der Waals surface area contributed by atoms with Crippen molar-refractivity contribution in [3.8, 4) is 5.69 Å². The molecule has 0 saturated carbocycles. The van der Waals surface area contributed by atoms with Gasteiger partial charge < -0.3 is 10.2 Å². The van der Waals surface area contributed by atoms with Gasteiger partial charge in [-0.2, -0.15) is 5.10 Å². The van der Waals surface area contributed by atoms with Gasteiger partial charge in [0.2, 0.25) is 0 Å². The van der Waals surface area contributed by atoms with Gasteiger partial charge in [0.1, 0.15) is 0 Å². The van der Waals surface area contributed by atoms with Gasteiger partial charge in [-0.25, -0.2) is 4.68 Å². The average Bonchev–Trinajstić information content (AvgIpc) is 2.89. The Kier molecular flexibility index (Phi) is 5.36. The summed E-state index contributed by atoms with van der Waals surface area (Å²) in [6.45, 7) is 3.46. The number of nitrogens with one attached hydrogen (secondary N) is 1. The molecule has 112 valence electrons. The zero-order chi connectivity index (χ0) is 13.8. The van der Waals surface area contributed by atoms with Crippen molar-refractivity contribution in [1.29, 1.82) is 0 Å². The molecular weight excluding hydrogens is 288 g/mol. The van der Waals surface area contributed by atoms with Crippen LogP contribution in [0.5, 0.6) is 0 Å². The lowest BCUT2D eigenvalue weighted by atomic mass is 10.1. The standard InChI is InChI=1S/C15H18N4O.ClH/c20-15(18-10-1-7-16-9-12-18)13-3-5-14(6-4-13)19-11-2-8-17-19;/h2-6,8,11,16H,1,7,9-10,12H2;1H. The Labute approximate surface area is 130 Å². The van der Waals surface area contributed by atoms with Crippen molar-refractivity contribution in [3.63, 3.8) is 0 Å². The molecule has 0 atom stereocenters. The molecule has 6 heteroatoms. The molecule has 0 radical (unpaired) electrons. The summed E-state index contributed by atoms with van der Waals surface area (Å²) in [5.74, 6) is 0.112. The molecule has 2 aromatic rings. The molecule has 1 fully saturated rings. The summed E-state index contributed by atoms with van der Waals surface area (Å²) in [6, 6.07) is 9.48. The number of carbonyl (C=O) groups is 1. The van der Waals surface area contributed by atoms with Crippen molar-refractivity contribution in [2.75, 3.05) is 26.2 Å². The Morgan fingerprint density at radius 2 is 1.95 bits per heavy atom. The number of halogens is 1. The zero-order valence-corrected chi connectivity index (χ0v) is 12.6. The molecule has 2 heterocycles. The Morgan fingerprint density at radius 3 is 2.67 bits per heavy atom. The third-order valence-corrected chi connectivity index (χ3v) is 3.51. The average molecular weight is 307 g/mol. The lowest BCUT2D eigenvalue weighted by molar-refractivity contribution is 0.0766.